The first-order chi connectivity index (χ1) is 9.65. The van der Waals surface area contributed by atoms with Crippen LogP contribution < -0.4 is 5.73 Å². The summed E-state index contributed by atoms with van der Waals surface area (Å²) in [7, 11) is 0. The van der Waals surface area contributed by atoms with Crippen molar-refractivity contribution in [1.29, 1.82) is 0 Å². The minimum Gasteiger partial charge on any atom is -0.326 e. The molecule has 2 N–H and O–H groups in total. The van der Waals surface area contributed by atoms with Crippen LogP contribution in [0.2, 0.25) is 0 Å². The highest BCUT2D eigenvalue weighted by molar-refractivity contribution is 5.22. The van der Waals surface area contributed by atoms with E-state index in [9.17, 15) is 4.39 Å². The van der Waals surface area contributed by atoms with E-state index in [4.69, 9.17) is 5.73 Å². The summed E-state index contributed by atoms with van der Waals surface area (Å²) >= 11 is 0. The molecule has 0 spiro atoms. The van der Waals surface area contributed by atoms with Crippen LogP contribution in [0, 0.1) is 11.7 Å². The van der Waals surface area contributed by atoms with Crippen molar-refractivity contribution >= 4 is 0 Å². The normalized spacial score (nSPS) is 18.2. The van der Waals surface area contributed by atoms with E-state index >= 15 is 0 Å². The minimum absolute atomic E-state index is 0.103. The maximum Gasteiger partial charge on any atom is 0.123 e. The standard InChI is InChI=1S/C17H27FN2/c1-3-11-20(12-13-5-6-13)17(16(19)4-2)14-7-9-15(18)10-8-14/h7-10,13,16-17H,3-6,11-12,19H2,1-2H3. The average Bonchev–Trinajstić information content (AvgIpc) is 3.25. The van der Waals surface area contributed by atoms with Gasteiger partial charge in [-0.1, -0.05) is 26.0 Å². The molecule has 2 nitrogen and oxygen atoms in total. The molecule has 0 aromatic heterocycles. The molecule has 0 bridgehead atoms. The average molecular weight is 278 g/mol. The molecule has 0 saturated heterocycles. The molecule has 0 heterocycles. The number of benzene rings is 1. The Balaban J connectivity index is 2.20. The van der Waals surface area contributed by atoms with Gasteiger partial charge in [0.25, 0.3) is 0 Å². The smallest absolute Gasteiger partial charge is 0.123 e. The molecule has 1 fully saturated rings. The van der Waals surface area contributed by atoms with Gasteiger partial charge in [0, 0.05) is 18.6 Å². The fourth-order valence-electron chi connectivity index (χ4n) is 2.88. The summed E-state index contributed by atoms with van der Waals surface area (Å²) in [6, 6.07) is 7.19. The molecule has 112 valence electrons. The molecule has 2 atom stereocenters. The fourth-order valence-corrected chi connectivity index (χ4v) is 2.88. The first kappa shape index (κ1) is 15.5. The van der Waals surface area contributed by atoms with Gasteiger partial charge >= 0.3 is 0 Å². The quantitative estimate of drug-likeness (QED) is 0.785. The summed E-state index contributed by atoms with van der Waals surface area (Å²) in [5.74, 6) is 0.662. The van der Waals surface area contributed by atoms with E-state index in [0.29, 0.717) is 0 Å². The highest BCUT2D eigenvalue weighted by Crippen LogP contribution is 2.34. The Labute approximate surface area is 122 Å². The SMILES string of the molecule is CCCN(CC1CC1)C(c1ccc(F)cc1)C(N)CC. The number of nitrogens with two attached hydrogens (primary N) is 1. The Kier molecular flexibility index (Phi) is 5.55. The molecular weight excluding hydrogens is 251 g/mol. The van der Waals surface area contributed by atoms with Crippen molar-refractivity contribution < 1.29 is 4.39 Å². The first-order valence-electron chi connectivity index (χ1n) is 7.90. The number of hydrogen-bond acceptors (Lipinski definition) is 2. The summed E-state index contributed by atoms with van der Waals surface area (Å²) in [6.45, 7) is 6.53. The van der Waals surface area contributed by atoms with Gasteiger partial charge in [0.15, 0.2) is 0 Å². The largest absolute Gasteiger partial charge is 0.326 e. The zero-order chi connectivity index (χ0) is 14.5. The second-order valence-corrected chi connectivity index (χ2v) is 6.01. The molecule has 0 aliphatic heterocycles. The van der Waals surface area contributed by atoms with Gasteiger partial charge in [0.2, 0.25) is 0 Å². The monoisotopic (exact) mass is 278 g/mol. The molecule has 0 radical (unpaired) electrons. The second kappa shape index (κ2) is 7.19. The second-order valence-electron chi connectivity index (χ2n) is 6.01. The van der Waals surface area contributed by atoms with Gasteiger partial charge in [-0.25, -0.2) is 4.39 Å². The van der Waals surface area contributed by atoms with E-state index in [1.807, 2.05) is 12.1 Å². The van der Waals surface area contributed by atoms with Crippen molar-refractivity contribution in [3.05, 3.63) is 35.6 Å². The lowest BCUT2D eigenvalue weighted by Gasteiger charge is -2.35. The summed E-state index contributed by atoms with van der Waals surface area (Å²) in [6.07, 6.45) is 4.75. The summed E-state index contributed by atoms with van der Waals surface area (Å²) in [4.78, 5) is 2.51. The van der Waals surface area contributed by atoms with Crippen LogP contribution in [0.4, 0.5) is 4.39 Å². The van der Waals surface area contributed by atoms with Gasteiger partial charge in [-0.05, 0) is 55.8 Å². The van der Waals surface area contributed by atoms with Crippen molar-refractivity contribution in [2.75, 3.05) is 13.1 Å². The van der Waals surface area contributed by atoms with Crippen LogP contribution in [-0.2, 0) is 0 Å². The maximum absolute atomic E-state index is 13.2. The molecule has 1 aromatic carbocycles. The fraction of sp³-hybridized carbons (Fsp3) is 0.647. The lowest BCUT2D eigenvalue weighted by atomic mass is 9.95. The first-order valence-corrected chi connectivity index (χ1v) is 7.90. The van der Waals surface area contributed by atoms with Crippen molar-refractivity contribution in [3.8, 4) is 0 Å². The Morgan fingerprint density at radius 3 is 2.40 bits per heavy atom. The molecule has 1 saturated carbocycles. The van der Waals surface area contributed by atoms with Crippen LogP contribution in [-0.4, -0.2) is 24.0 Å². The summed E-state index contributed by atoms with van der Waals surface area (Å²) < 4.78 is 13.2. The topological polar surface area (TPSA) is 29.3 Å². The zero-order valence-corrected chi connectivity index (χ0v) is 12.7. The van der Waals surface area contributed by atoms with Gasteiger partial charge in [0.05, 0.1) is 0 Å². The van der Waals surface area contributed by atoms with Crippen LogP contribution >= 0.6 is 0 Å². The van der Waals surface area contributed by atoms with Crippen LogP contribution in [0.15, 0.2) is 24.3 Å². The van der Waals surface area contributed by atoms with E-state index < -0.39 is 0 Å². The molecule has 0 amide bonds. The lowest BCUT2D eigenvalue weighted by molar-refractivity contribution is 0.162. The molecule has 1 aliphatic carbocycles. The van der Waals surface area contributed by atoms with Crippen LogP contribution in [0.5, 0.6) is 0 Å². The Hall–Kier alpha value is -0.930. The molecule has 1 aliphatic rings. The highest BCUT2D eigenvalue weighted by atomic mass is 19.1. The highest BCUT2D eigenvalue weighted by Gasteiger charge is 2.30. The third-order valence-corrected chi connectivity index (χ3v) is 4.18. The molecule has 2 unspecified atom stereocenters. The minimum atomic E-state index is -0.179. The van der Waals surface area contributed by atoms with Crippen LogP contribution in [0.3, 0.4) is 0 Å². The molecule has 1 aromatic rings. The molecule has 3 heteroatoms. The zero-order valence-electron chi connectivity index (χ0n) is 12.7. The van der Waals surface area contributed by atoms with Gasteiger partial charge < -0.3 is 5.73 Å². The molecule has 20 heavy (non-hydrogen) atoms. The van der Waals surface area contributed by atoms with Gasteiger partial charge in [0.1, 0.15) is 5.82 Å². The van der Waals surface area contributed by atoms with Crippen molar-refractivity contribution in [2.45, 2.75) is 51.6 Å². The predicted octanol–water partition coefficient (Wildman–Crippen LogP) is 3.73. The Bertz CT molecular complexity index is 400. The third kappa shape index (κ3) is 4.03. The number of rotatable bonds is 8. The van der Waals surface area contributed by atoms with Crippen molar-refractivity contribution in [3.63, 3.8) is 0 Å². The molecular formula is C17H27FN2. The van der Waals surface area contributed by atoms with Gasteiger partial charge in [-0.15, -0.1) is 0 Å². The number of hydrogen-bond donors (Lipinski definition) is 1. The van der Waals surface area contributed by atoms with Crippen molar-refractivity contribution in [1.82, 2.24) is 4.90 Å². The Morgan fingerprint density at radius 1 is 1.25 bits per heavy atom. The summed E-state index contributed by atoms with van der Waals surface area (Å²) in [5.41, 5.74) is 7.53. The van der Waals surface area contributed by atoms with E-state index in [0.717, 1.165) is 37.4 Å². The van der Waals surface area contributed by atoms with Crippen LogP contribution in [0.25, 0.3) is 0 Å². The van der Waals surface area contributed by atoms with E-state index in [-0.39, 0.29) is 17.9 Å². The Morgan fingerprint density at radius 2 is 1.90 bits per heavy atom. The predicted molar refractivity (Wildman–Crippen MR) is 82.0 cm³/mol. The number of halogens is 1. The molecule has 2 rings (SSSR count). The van der Waals surface area contributed by atoms with Crippen molar-refractivity contribution in [2.24, 2.45) is 11.7 Å². The number of nitrogens with zero attached hydrogens (tertiary/aromatic N) is 1. The van der Waals surface area contributed by atoms with Crippen LogP contribution in [0.1, 0.15) is 51.1 Å². The van der Waals surface area contributed by atoms with E-state index in [1.54, 1.807) is 12.1 Å². The maximum atomic E-state index is 13.2. The summed E-state index contributed by atoms with van der Waals surface area (Å²) in [5, 5.41) is 0. The third-order valence-electron chi connectivity index (χ3n) is 4.18. The van der Waals surface area contributed by atoms with Gasteiger partial charge in [-0.3, -0.25) is 4.90 Å². The lowest BCUT2D eigenvalue weighted by Crippen LogP contribution is -2.42. The van der Waals surface area contributed by atoms with E-state index in [2.05, 4.69) is 18.7 Å². The van der Waals surface area contributed by atoms with E-state index in [1.165, 1.54) is 12.8 Å². The van der Waals surface area contributed by atoms with Gasteiger partial charge in [-0.2, -0.15) is 0 Å².